The van der Waals surface area contributed by atoms with Crippen molar-refractivity contribution in [2.24, 2.45) is 0 Å². The van der Waals surface area contributed by atoms with Crippen molar-refractivity contribution in [3.05, 3.63) is 39.4 Å². The number of hydrogen-bond acceptors (Lipinski definition) is 4. The molecule has 2 rings (SSSR count). The van der Waals surface area contributed by atoms with E-state index in [-0.39, 0.29) is 5.69 Å². The largest absolute Gasteiger partial charge is 0.480 e. The molecule has 1 aliphatic rings. The molecule has 1 atom stereocenters. The zero-order valence-corrected chi connectivity index (χ0v) is 11.4. The summed E-state index contributed by atoms with van der Waals surface area (Å²) in [4.78, 5) is 23.6. The zero-order valence-electron chi connectivity index (χ0n) is 11.4. The molecule has 0 saturated carbocycles. The van der Waals surface area contributed by atoms with Crippen LogP contribution >= 0.6 is 0 Å². The van der Waals surface area contributed by atoms with Crippen LogP contribution in [0.3, 0.4) is 0 Å². The highest BCUT2D eigenvalue weighted by molar-refractivity contribution is 5.73. The van der Waals surface area contributed by atoms with Gasteiger partial charge in [0.15, 0.2) is 0 Å². The third-order valence-electron chi connectivity index (χ3n) is 3.85. The Hall–Kier alpha value is -1.95. The average Bonchev–Trinajstić information content (AvgIpc) is 2.61. The number of carbonyl (C=O) groups is 1. The van der Waals surface area contributed by atoms with Crippen molar-refractivity contribution in [3.8, 4) is 0 Å². The van der Waals surface area contributed by atoms with Gasteiger partial charge in [0.2, 0.25) is 0 Å². The van der Waals surface area contributed by atoms with Gasteiger partial charge in [-0.1, -0.05) is 13.0 Å². The van der Waals surface area contributed by atoms with Crippen LogP contribution in [0.1, 0.15) is 24.5 Å². The van der Waals surface area contributed by atoms with Crippen LogP contribution in [0.2, 0.25) is 0 Å². The summed E-state index contributed by atoms with van der Waals surface area (Å²) in [6, 6.07) is 4.45. The normalized spacial score (nSPS) is 17.1. The Balaban J connectivity index is 2.18. The van der Waals surface area contributed by atoms with Gasteiger partial charge >= 0.3 is 5.97 Å². The summed E-state index contributed by atoms with van der Waals surface area (Å²) in [6.07, 6.45) is 1.95. The standard InChI is InChI=1S/C14H18N2O4/c1-2-13(14(17)18)15-7-5-10-3-4-12(16(19)20)9-11(10)6-8-15/h3-4,9,13H,2,5-8H2,1H3,(H,17,18). The molecule has 0 fully saturated rings. The third-order valence-corrected chi connectivity index (χ3v) is 3.85. The molecule has 20 heavy (non-hydrogen) atoms. The topological polar surface area (TPSA) is 83.7 Å². The number of carboxylic acids is 1. The molecule has 1 heterocycles. The first-order valence-electron chi connectivity index (χ1n) is 6.76. The highest BCUT2D eigenvalue weighted by Crippen LogP contribution is 2.23. The molecule has 0 aliphatic carbocycles. The molecule has 0 radical (unpaired) electrons. The fraction of sp³-hybridized carbons (Fsp3) is 0.500. The molecule has 0 aromatic heterocycles. The van der Waals surface area contributed by atoms with Crippen molar-refractivity contribution in [1.82, 2.24) is 4.90 Å². The Labute approximate surface area is 117 Å². The Morgan fingerprint density at radius 2 is 2.05 bits per heavy atom. The van der Waals surface area contributed by atoms with Gasteiger partial charge in [-0.05, 0) is 30.4 Å². The Morgan fingerprint density at radius 3 is 2.60 bits per heavy atom. The van der Waals surface area contributed by atoms with Gasteiger partial charge in [0, 0.05) is 25.2 Å². The molecular weight excluding hydrogens is 260 g/mol. The fourth-order valence-electron chi connectivity index (χ4n) is 2.74. The summed E-state index contributed by atoms with van der Waals surface area (Å²) in [5.41, 5.74) is 2.14. The van der Waals surface area contributed by atoms with Crippen LogP contribution in [0.25, 0.3) is 0 Å². The molecule has 0 spiro atoms. The highest BCUT2D eigenvalue weighted by Gasteiger charge is 2.26. The summed E-state index contributed by atoms with van der Waals surface area (Å²) in [6.45, 7) is 3.16. The number of rotatable bonds is 4. The van der Waals surface area contributed by atoms with Crippen LogP contribution in [0.5, 0.6) is 0 Å². The number of benzene rings is 1. The van der Waals surface area contributed by atoms with Crippen LogP contribution in [0.15, 0.2) is 18.2 Å². The first-order chi connectivity index (χ1) is 9.52. The average molecular weight is 278 g/mol. The van der Waals surface area contributed by atoms with E-state index in [0.717, 1.165) is 17.5 Å². The van der Waals surface area contributed by atoms with Crippen molar-refractivity contribution in [3.63, 3.8) is 0 Å². The Bertz CT molecular complexity index is 530. The highest BCUT2D eigenvalue weighted by atomic mass is 16.6. The predicted molar refractivity (Wildman–Crippen MR) is 73.8 cm³/mol. The summed E-state index contributed by atoms with van der Waals surface area (Å²) < 4.78 is 0. The SMILES string of the molecule is CCC(C(=O)O)N1CCc2ccc([N+](=O)[O-])cc2CC1. The lowest BCUT2D eigenvalue weighted by Gasteiger charge is -2.26. The number of nitro groups is 1. The molecule has 6 heteroatoms. The molecule has 0 saturated heterocycles. The van der Waals surface area contributed by atoms with Crippen LogP contribution in [0, 0.1) is 10.1 Å². The molecule has 108 valence electrons. The third kappa shape index (κ3) is 2.96. The number of non-ortho nitro benzene ring substituents is 1. The quantitative estimate of drug-likeness (QED) is 0.671. The molecule has 1 aromatic rings. The van der Waals surface area contributed by atoms with Gasteiger partial charge in [-0.2, -0.15) is 0 Å². The number of aliphatic carboxylic acids is 1. The molecule has 1 N–H and O–H groups in total. The van der Waals surface area contributed by atoms with Gasteiger partial charge in [-0.15, -0.1) is 0 Å². The predicted octanol–water partition coefficient (Wildman–Crippen LogP) is 1.86. The number of nitrogens with zero attached hydrogens (tertiary/aromatic N) is 2. The minimum absolute atomic E-state index is 0.0995. The second-order valence-corrected chi connectivity index (χ2v) is 5.01. The first kappa shape index (κ1) is 14.5. The van der Waals surface area contributed by atoms with Gasteiger partial charge in [0.25, 0.3) is 5.69 Å². The molecule has 0 amide bonds. The molecule has 1 aromatic carbocycles. The van der Waals surface area contributed by atoms with Gasteiger partial charge in [-0.25, -0.2) is 0 Å². The van der Waals surface area contributed by atoms with E-state index in [4.69, 9.17) is 0 Å². The van der Waals surface area contributed by atoms with Crippen molar-refractivity contribution < 1.29 is 14.8 Å². The van der Waals surface area contributed by atoms with E-state index in [0.29, 0.717) is 25.9 Å². The van der Waals surface area contributed by atoms with Crippen molar-refractivity contribution in [2.75, 3.05) is 13.1 Å². The lowest BCUT2D eigenvalue weighted by Crippen LogP contribution is -2.42. The summed E-state index contributed by atoms with van der Waals surface area (Å²) >= 11 is 0. The molecule has 6 nitrogen and oxygen atoms in total. The number of carboxylic acid groups (broad SMARTS) is 1. The van der Waals surface area contributed by atoms with E-state index in [1.165, 1.54) is 6.07 Å². The number of fused-ring (bicyclic) bond motifs is 1. The van der Waals surface area contributed by atoms with Crippen molar-refractivity contribution in [1.29, 1.82) is 0 Å². The van der Waals surface area contributed by atoms with Crippen LogP contribution in [-0.2, 0) is 17.6 Å². The maximum Gasteiger partial charge on any atom is 0.320 e. The summed E-state index contributed by atoms with van der Waals surface area (Å²) in [5.74, 6) is -0.801. The lowest BCUT2D eigenvalue weighted by atomic mass is 10.0. The maximum atomic E-state index is 11.2. The minimum Gasteiger partial charge on any atom is -0.480 e. The second-order valence-electron chi connectivity index (χ2n) is 5.01. The molecular formula is C14H18N2O4. The maximum absolute atomic E-state index is 11.2. The summed E-state index contributed by atoms with van der Waals surface area (Å²) in [5, 5.41) is 20.0. The minimum atomic E-state index is -0.801. The van der Waals surface area contributed by atoms with E-state index in [2.05, 4.69) is 0 Å². The van der Waals surface area contributed by atoms with E-state index in [9.17, 15) is 20.0 Å². The first-order valence-corrected chi connectivity index (χ1v) is 6.76. The van der Waals surface area contributed by atoms with Gasteiger partial charge in [0.1, 0.15) is 6.04 Å². The Morgan fingerprint density at radius 1 is 1.40 bits per heavy atom. The molecule has 1 unspecified atom stereocenters. The smallest absolute Gasteiger partial charge is 0.320 e. The fourth-order valence-corrected chi connectivity index (χ4v) is 2.74. The van der Waals surface area contributed by atoms with Gasteiger partial charge in [-0.3, -0.25) is 19.8 Å². The van der Waals surface area contributed by atoms with E-state index >= 15 is 0 Å². The van der Waals surface area contributed by atoms with E-state index < -0.39 is 16.9 Å². The van der Waals surface area contributed by atoms with Crippen molar-refractivity contribution >= 4 is 11.7 Å². The molecule has 1 aliphatic heterocycles. The van der Waals surface area contributed by atoms with Crippen LogP contribution in [-0.4, -0.2) is 40.0 Å². The zero-order chi connectivity index (χ0) is 14.7. The van der Waals surface area contributed by atoms with Gasteiger partial charge < -0.3 is 5.11 Å². The number of hydrogen-bond donors (Lipinski definition) is 1. The molecule has 0 bridgehead atoms. The van der Waals surface area contributed by atoms with E-state index in [1.807, 2.05) is 11.8 Å². The van der Waals surface area contributed by atoms with E-state index in [1.54, 1.807) is 12.1 Å². The van der Waals surface area contributed by atoms with Crippen LogP contribution in [0.4, 0.5) is 5.69 Å². The van der Waals surface area contributed by atoms with Crippen LogP contribution < -0.4 is 0 Å². The number of nitro benzene ring substituents is 1. The summed E-state index contributed by atoms with van der Waals surface area (Å²) in [7, 11) is 0. The van der Waals surface area contributed by atoms with Crippen molar-refractivity contribution in [2.45, 2.75) is 32.2 Å². The monoisotopic (exact) mass is 278 g/mol. The lowest BCUT2D eigenvalue weighted by molar-refractivity contribution is -0.384. The second kappa shape index (κ2) is 6.00. The Kier molecular flexibility index (Phi) is 4.34. The van der Waals surface area contributed by atoms with Gasteiger partial charge in [0.05, 0.1) is 4.92 Å².